The van der Waals surface area contributed by atoms with E-state index < -0.39 is 5.97 Å². The van der Waals surface area contributed by atoms with Gasteiger partial charge >= 0.3 is 5.97 Å². The lowest BCUT2D eigenvalue weighted by Crippen LogP contribution is -2.09. The summed E-state index contributed by atoms with van der Waals surface area (Å²) in [5.41, 5.74) is 0.646. The smallest absolute Gasteiger partial charge is 0.374 e. The number of para-hydroxylation sites is 1. The molecule has 1 heterocycles. The molecule has 1 N–H and O–H groups in total. The molecule has 0 amide bonds. The molecule has 0 aliphatic rings. The maximum absolute atomic E-state index is 10.8. The lowest BCUT2D eigenvalue weighted by atomic mass is 10.3. The van der Waals surface area contributed by atoms with Crippen LogP contribution in [0.4, 0.5) is 0 Å². The summed E-state index contributed by atoms with van der Waals surface area (Å²) in [4.78, 5) is 14.5. The summed E-state index contributed by atoms with van der Waals surface area (Å²) < 4.78 is 2.03. The number of carbonyl (C=O) groups is 1. The van der Waals surface area contributed by atoms with Crippen LogP contribution < -0.4 is 0 Å². The second-order valence-electron chi connectivity index (χ2n) is 2.75. The van der Waals surface area contributed by atoms with Crippen LogP contribution in [-0.4, -0.2) is 25.8 Å². The molecule has 0 saturated heterocycles. The topological polar surface area (TPSA) is 68.0 Å². The van der Waals surface area contributed by atoms with Crippen LogP contribution >= 0.6 is 15.9 Å². The molecule has 0 fully saturated rings. The fourth-order valence-electron chi connectivity index (χ4n) is 1.19. The molecule has 76 valence electrons. The summed E-state index contributed by atoms with van der Waals surface area (Å²) in [5.74, 6) is -1.22. The number of aromatic nitrogens is 3. The molecule has 0 unspecified atom stereocenters. The number of rotatable bonds is 2. The Hall–Kier alpha value is -1.69. The number of carboxylic acid groups (broad SMARTS) is 1. The average Bonchev–Trinajstić information content (AvgIpc) is 2.67. The summed E-state index contributed by atoms with van der Waals surface area (Å²) >= 11 is 3.32. The van der Waals surface area contributed by atoms with Crippen molar-refractivity contribution in [3.63, 3.8) is 0 Å². The lowest BCUT2D eigenvalue weighted by molar-refractivity contribution is 0.0680. The Balaban J connectivity index is 2.59. The molecule has 0 atom stereocenters. The number of hydrogen-bond donors (Lipinski definition) is 1. The van der Waals surface area contributed by atoms with Gasteiger partial charge in [-0.2, -0.15) is 5.10 Å². The van der Waals surface area contributed by atoms with Crippen molar-refractivity contribution in [3.8, 4) is 5.69 Å². The van der Waals surface area contributed by atoms with Crippen LogP contribution in [0.2, 0.25) is 0 Å². The molecular formula is C9H6BrN3O2. The van der Waals surface area contributed by atoms with Crippen molar-refractivity contribution in [2.45, 2.75) is 0 Å². The van der Waals surface area contributed by atoms with Gasteiger partial charge in [0, 0.05) is 4.47 Å². The van der Waals surface area contributed by atoms with Gasteiger partial charge in [-0.3, -0.25) is 0 Å². The Labute approximate surface area is 93.5 Å². The van der Waals surface area contributed by atoms with Crippen LogP contribution in [0.15, 0.2) is 35.1 Å². The Kier molecular flexibility index (Phi) is 2.51. The van der Waals surface area contributed by atoms with Crippen molar-refractivity contribution >= 4 is 21.9 Å². The highest BCUT2D eigenvalue weighted by Crippen LogP contribution is 2.20. The van der Waals surface area contributed by atoms with Crippen LogP contribution in [0.3, 0.4) is 0 Å². The summed E-state index contributed by atoms with van der Waals surface area (Å²) in [7, 11) is 0. The predicted octanol–water partition coefficient (Wildman–Crippen LogP) is 1.73. The van der Waals surface area contributed by atoms with Gasteiger partial charge in [0.25, 0.3) is 0 Å². The highest BCUT2D eigenvalue weighted by Gasteiger charge is 2.14. The highest BCUT2D eigenvalue weighted by molar-refractivity contribution is 9.10. The minimum atomic E-state index is -1.11. The van der Waals surface area contributed by atoms with E-state index in [2.05, 4.69) is 26.0 Å². The van der Waals surface area contributed by atoms with Gasteiger partial charge in [-0.05, 0) is 28.1 Å². The first-order valence-electron chi connectivity index (χ1n) is 4.08. The predicted molar refractivity (Wildman–Crippen MR) is 56.0 cm³/mol. The highest BCUT2D eigenvalue weighted by atomic mass is 79.9. The number of halogens is 1. The van der Waals surface area contributed by atoms with E-state index in [-0.39, 0.29) is 5.82 Å². The number of benzene rings is 1. The van der Waals surface area contributed by atoms with Crippen LogP contribution in [-0.2, 0) is 0 Å². The largest absolute Gasteiger partial charge is 0.475 e. The molecule has 0 aliphatic heterocycles. The first-order valence-corrected chi connectivity index (χ1v) is 4.87. The molecule has 1 aromatic carbocycles. The minimum Gasteiger partial charge on any atom is -0.475 e. The Morgan fingerprint density at radius 1 is 1.40 bits per heavy atom. The van der Waals surface area contributed by atoms with Crippen molar-refractivity contribution in [3.05, 3.63) is 40.9 Å². The second kappa shape index (κ2) is 3.82. The summed E-state index contributed by atoms with van der Waals surface area (Å²) in [5, 5.41) is 12.7. The second-order valence-corrected chi connectivity index (χ2v) is 3.61. The van der Waals surface area contributed by atoms with Crippen LogP contribution in [0.1, 0.15) is 10.6 Å². The zero-order chi connectivity index (χ0) is 10.8. The molecular weight excluding hydrogens is 262 g/mol. The normalized spacial score (nSPS) is 10.2. The van der Waals surface area contributed by atoms with Crippen molar-refractivity contribution < 1.29 is 9.90 Å². The lowest BCUT2D eigenvalue weighted by Gasteiger charge is -2.04. The van der Waals surface area contributed by atoms with Crippen molar-refractivity contribution in [1.82, 2.24) is 14.8 Å². The van der Waals surface area contributed by atoms with Gasteiger partial charge in [0.1, 0.15) is 6.33 Å². The van der Waals surface area contributed by atoms with Crippen molar-refractivity contribution in [2.24, 2.45) is 0 Å². The molecule has 6 heteroatoms. The maximum atomic E-state index is 10.8. The molecule has 0 spiro atoms. The van der Waals surface area contributed by atoms with E-state index in [0.717, 1.165) is 4.47 Å². The Morgan fingerprint density at radius 3 is 2.80 bits per heavy atom. The molecule has 2 rings (SSSR count). The molecule has 15 heavy (non-hydrogen) atoms. The number of carboxylic acids is 1. The van der Waals surface area contributed by atoms with E-state index in [1.165, 1.54) is 11.0 Å². The Bertz CT molecular complexity index is 510. The fourth-order valence-corrected chi connectivity index (χ4v) is 1.64. The molecule has 5 nitrogen and oxygen atoms in total. The number of hydrogen-bond acceptors (Lipinski definition) is 3. The molecule has 1 aromatic heterocycles. The standard InChI is InChI=1S/C9H6BrN3O2/c10-6-3-1-2-4-7(6)13-8(9(14)15)11-5-12-13/h1-5H,(H,14,15). The monoisotopic (exact) mass is 267 g/mol. The van der Waals surface area contributed by atoms with Crippen LogP contribution in [0, 0.1) is 0 Å². The zero-order valence-corrected chi connectivity index (χ0v) is 9.05. The van der Waals surface area contributed by atoms with Gasteiger partial charge in [-0.25, -0.2) is 14.5 Å². The Morgan fingerprint density at radius 2 is 2.13 bits per heavy atom. The molecule has 0 bridgehead atoms. The first kappa shape index (κ1) is 9.85. The molecule has 0 radical (unpaired) electrons. The zero-order valence-electron chi connectivity index (χ0n) is 7.46. The van der Waals surface area contributed by atoms with Crippen LogP contribution in [0.5, 0.6) is 0 Å². The summed E-state index contributed by atoms with van der Waals surface area (Å²) in [6.07, 6.45) is 1.21. The van der Waals surface area contributed by atoms with Gasteiger partial charge in [-0.15, -0.1) is 0 Å². The van der Waals surface area contributed by atoms with E-state index >= 15 is 0 Å². The third-order valence-corrected chi connectivity index (χ3v) is 2.49. The molecule has 0 aliphatic carbocycles. The van der Waals surface area contributed by atoms with Crippen molar-refractivity contribution in [1.29, 1.82) is 0 Å². The van der Waals surface area contributed by atoms with E-state index in [4.69, 9.17) is 5.11 Å². The van der Waals surface area contributed by atoms with E-state index in [1.54, 1.807) is 12.1 Å². The van der Waals surface area contributed by atoms with Gasteiger partial charge in [0.2, 0.25) is 5.82 Å². The number of nitrogens with zero attached hydrogens (tertiary/aromatic N) is 3. The van der Waals surface area contributed by atoms with Crippen LogP contribution in [0.25, 0.3) is 5.69 Å². The molecule has 0 saturated carbocycles. The van der Waals surface area contributed by atoms with E-state index in [1.807, 2.05) is 12.1 Å². The van der Waals surface area contributed by atoms with Gasteiger partial charge in [-0.1, -0.05) is 12.1 Å². The third kappa shape index (κ3) is 1.75. The SMILES string of the molecule is O=C(O)c1ncnn1-c1ccccc1Br. The van der Waals surface area contributed by atoms with Crippen molar-refractivity contribution in [2.75, 3.05) is 0 Å². The van der Waals surface area contributed by atoms with E-state index in [9.17, 15) is 4.79 Å². The quantitative estimate of drug-likeness (QED) is 0.900. The van der Waals surface area contributed by atoms with E-state index in [0.29, 0.717) is 5.69 Å². The van der Waals surface area contributed by atoms with Gasteiger partial charge in [0.05, 0.1) is 5.69 Å². The first-order chi connectivity index (χ1) is 7.20. The minimum absolute atomic E-state index is 0.109. The average molecular weight is 268 g/mol. The third-order valence-electron chi connectivity index (χ3n) is 1.82. The fraction of sp³-hybridized carbons (Fsp3) is 0. The molecule has 2 aromatic rings. The maximum Gasteiger partial charge on any atom is 0.374 e. The number of aromatic carboxylic acids is 1. The summed E-state index contributed by atoms with van der Waals surface area (Å²) in [6, 6.07) is 7.20. The summed E-state index contributed by atoms with van der Waals surface area (Å²) in [6.45, 7) is 0. The van der Waals surface area contributed by atoms with Gasteiger partial charge < -0.3 is 5.11 Å². The van der Waals surface area contributed by atoms with Gasteiger partial charge in [0.15, 0.2) is 0 Å².